The molecule has 1 aliphatic rings. The fourth-order valence-corrected chi connectivity index (χ4v) is 0.643. The molecule has 48 valence electrons. The summed E-state index contributed by atoms with van der Waals surface area (Å²) in [7, 11) is 0. The Bertz CT molecular complexity index is 164. The van der Waals surface area contributed by atoms with Crippen molar-refractivity contribution < 1.29 is 9.18 Å². The molecule has 1 rings (SSSR count). The molecule has 0 amide bonds. The van der Waals surface area contributed by atoms with Crippen molar-refractivity contribution in [2.75, 3.05) is 6.67 Å². The molecule has 1 unspecified atom stereocenters. The van der Waals surface area contributed by atoms with E-state index in [9.17, 15) is 9.18 Å². The number of rotatable bonds is 1. The molecule has 3 heteroatoms. The maximum Gasteiger partial charge on any atom is 0.187 e. The summed E-state index contributed by atoms with van der Waals surface area (Å²) in [6, 6.07) is -0.787. The summed E-state index contributed by atoms with van der Waals surface area (Å²) in [5.74, 6) is -0.238. The van der Waals surface area contributed by atoms with E-state index in [1.807, 2.05) is 0 Å². The zero-order chi connectivity index (χ0) is 6.85. The zero-order valence-corrected chi connectivity index (χ0v) is 5.02. The summed E-state index contributed by atoms with van der Waals surface area (Å²) in [5, 5.41) is 3.50. The third-order valence-corrected chi connectivity index (χ3v) is 1.21. The highest BCUT2D eigenvalue weighted by molar-refractivity contribution is 6.00. The number of alkyl halides is 1. The van der Waals surface area contributed by atoms with Crippen LogP contribution in [-0.2, 0) is 4.79 Å². The van der Waals surface area contributed by atoms with Crippen LogP contribution < -0.4 is 5.32 Å². The number of carbonyl (C=O) groups excluding carboxylic acids is 1. The molecule has 2 nitrogen and oxygen atoms in total. The first-order chi connectivity index (χ1) is 4.25. The predicted molar refractivity (Wildman–Crippen MR) is 29.3 cm³/mol. The minimum absolute atomic E-state index is 0.238. The molecule has 0 aliphatic carbocycles. The van der Waals surface area contributed by atoms with Crippen molar-refractivity contribution in [3.05, 3.63) is 11.8 Å². The van der Waals surface area contributed by atoms with E-state index in [0.29, 0.717) is 5.57 Å². The van der Waals surface area contributed by atoms with E-state index < -0.39 is 12.7 Å². The van der Waals surface area contributed by atoms with E-state index in [4.69, 9.17) is 0 Å². The number of ketones is 1. The minimum Gasteiger partial charge on any atom is -0.292 e. The largest absolute Gasteiger partial charge is 0.292 e. The number of halogens is 1. The van der Waals surface area contributed by atoms with Crippen LogP contribution in [0.1, 0.15) is 6.92 Å². The Balaban J connectivity index is 2.62. The molecule has 0 aromatic carbocycles. The number of hydrogen-bond donors (Lipinski definition) is 0. The Kier molecular flexibility index (Phi) is 1.51. The number of hydrogen-bond acceptors (Lipinski definition) is 1. The van der Waals surface area contributed by atoms with Crippen molar-refractivity contribution >= 4 is 5.78 Å². The SMILES string of the molecule is CC1=[C][N]C(CF)C1=O. The third-order valence-electron chi connectivity index (χ3n) is 1.21. The lowest BCUT2D eigenvalue weighted by Crippen LogP contribution is -2.24. The molecule has 0 fully saturated rings. The molecule has 1 atom stereocenters. The summed E-state index contributed by atoms with van der Waals surface area (Å²) in [5.41, 5.74) is 0.428. The smallest absolute Gasteiger partial charge is 0.187 e. The van der Waals surface area contributed by atoms with Crippen LogP contribution in [0.5, 0.6) is 0 Å². The van der Waals surface area contributed by atoms with Gasteiger partial charge in [-0.15, -0.1) is 0 Å². The first-order valence-corrected chi connectivity index (χ1v) is 2.65. The molecular weight excluding hydrogens is 121 g/mol. The van der Waals surface area contributed by atoms with Gasteiger partial charge in [-0.25, -0.2) is 4.39 Å². The lowest BCUT2D eigenvalue weighted by Gasteiger charge is -1.98. The highest BCUT2D eigenvalue weighted by Gasteiger charge is 2.25. The van der Waals surface area contributed by atoms with Gasteiger partial charge in [-0.1, -0.05) is 0 Å². The van der Waals surface area contributed by atoms with E-state index >= 15 is 0 Å². The Labute approximate surface area is 52.7 Å². The lowest BCUT2D eigenvalue weighted by molar-refractivity contribution is -0.116. The van der Waals surface area contributed by atoms with E-state index in [2.05, 4.69) is 11.5 Å². The maximum absolute atomic E-state index is 11.8. The molecular formula is C6H6FNO. The summed E-state index contributed by atoms with van der Waals surface area (Å²) in [6.07, 6.45) is 2.42. The van der Waals surface area contributed by atoms with Crippen molar-refractivity contribution in [2.45, 2.75) is 13.0 Å². The van der Waals surface area contributed by atoms with Crippen molar-refractivity contribution in [2.24, 2.45) is 0 Å². The van der Waals surface area contributed by atoms with Gasteiger partial charge >= 0.3 is 0 Å². The fourth-order valence-electron chi connectivity index (χ4n) is 0.643. The Morgan fingerprint density at radius 3 is 2.78 bits per heavy atom. The van der Waals surface area contributed by atoms with Crippen molar-refractivity contribution in [1.82, 2.24) is 5.32 Å². The predicted octanol–water partition coefficient (Wildman–Crippen LogP) is 0.219. The van der Waals surface area contributed by atoms with Crippen LogP contribution in [0.4, 0.5) is 4.39 Å². The highest BCUT2D eigenvalue weighted by Crippen LogP contribution is 2.07. The fraction of sp³-hybridized carbons (Fsp3) is 0.500. The van der Waals surface area contributed by atoms with Gasteiger partial charge in [0.1, 0.15) is 12.7 Å². The Morgan fingerprint density at radius 2 is 2.56 bits per heavy atom. The summed E-state index contributed by atoms with van der Waals surface area (Å²) in [6.45, 7) is 0.880. The molecule has 0 bridgehead atoms. The molecule has 9 heavy (non-hydrogen) atoms. The molecule has 0 aromatic heterocycles. The zero-order valence-electron chi connectivity index (χ0n) is 5.02. The van der Waals surface area contributed by atoms with Crippen LogP contribution in [-0.4, -0.2) is 18.5 Å². The van der Waals surface area contributed by atoms with Gasteiger partial charge in [-0.2, -0.15) is 0 Å². The summed E-state index contributed by atoms with van der Waals surface area (Å²) in [4.78, 5) is 10.7. The molecule has 2 radical (unpaired) electrons. The van der Waals surface area contributed by atoms with Gasteiger partial charge in [0.25, 0.3) is 0 Å². The topological polar surface area (TPSA) is 31.2 Å². The first kappa shape index (κ1) is 6.26. The number of Topliss-reactive ketones (excluding diaryl/α,β-unsaturated/α-hetero) is 1. The summed E-state index contributed by atoms with van der Waals surface area (Å²) < 4.78 is 11.8. The molecule has 0 spiro atoms. The molecule has 0 saturated heterocycles. The molecule has 0 saturated carbocycles. The average Bonchev–Trinajstić information content (AvgIpc) is 2.15. The van der Waals surface area contributed by atoms with Crippen molar-refractivity contribution in [3.63, 3.8) is 0 Å². The quantitative estimate of drug-likeness (QED) is 0.495. The maximum atomic E-state index is 11.8. The van der Waals surface area contributed by atoms with E-state index in [-0.39, 0.29) is 5.78 Å². The lowest BCUT2D eigenvalue weighted by atomic mass is 10.1. The van der Waals surface area contributed by atoms with Crippen LogP contribution in [0.3, 0.4) is 0 Å². The Morgan fingerprint density at radius 1 is 1.89 bits per heavy atom. The van der Waals surface area contributed by atoms with Gasteiger partial charge in [0.05, 0.1) is 6.20 Å². The number of carbonyl (C=O) groups is 1. The highest BCUT2D eigenvalue weighted by atomic mass is 19.1. The average molecular weight is 127 g/mol. The normalized spacial score (nSPS) is 25.8. The van der Waals surface area contributed by atoms with Crippen molar-refractivity contribution in [3.8, 4) is 0 Å². The second kappa shape index (κ2) is 2.17. The molecule has 0 N–H and O–H groups in total. The second-order valence-corrected chi connectivity index (χ2v) is 1.90. The van der Waals surface area contributed by atoms with E-state index in [1.54, 1.807) is 6.92 Å². The number of nitrogens with zero attached hydrogens (tertiary/aromatic N) is 1. The minimum atomic E-state index is -0.787. The van der Waals surface area contributed by atoms with Gasteiger partial charge in [0.15, 0.2) is 5.78 Å². The molecule has 1 aliphatic heterocycles. The van der Waals surface area contributed by atoms with E-state index in [0.717, 1.165) is 0 Å². The van der Waals surface area contributed by atoms with Gasteiger partial charge in [0, 0.05) is 5.57 Å². The summed E-state index contributed by atoms with van der Waals surface area (Å²) >= 11 is 0. The standard InChI is InChI=1S/C6H6FNO/c1-4-3-8-5(2-7)6(4)9/h5H,2H2,1H3. The van der Waals surface area contributed by atoms with Gasteiger partial charge in [-0.05, 0) is 6.92 Å². The van der Waals surface area contributed by atoms with Crippen molar-refractivity contribution in [1.29, 1.82) is 0 Å². The van der Waals surface area contributed by atoms with Crippen LogP contribution in [0.15, 0.2) is 5.57 Å². The van der Waals surface area contributed by atoms with Gasteiger partial charge in [-0.3, -0.25) is 10.1 Å². The second-order valence-electron chi connectivity index (χ2n) is 1.90. The molecule has 1 heterocycles. The monoisotopic (exact) mass is 127 g/mol. The van der Waals surface area contributed by atoms with Crippen LogP contribution in [0.25, 0.3) is 0 Å². The molecule has 0 aromatic rings. The van der Waals surface area contributed by atoms with E-state index in [1.165, 1.54) is 0 Å². The first-order valence-electron chi connectivity index (χ1n) is 2.65. The van der Waals surface area contributed by atoms with Crippen LogP contribution in [0.2, 0.25) is 0 Å². The van der Waals surface area contributed by atoms with Crippen LogP contribution in [0, 0.1) is 6.20 Å². The van der Waals surface area contributed by atoms with Crippen LogP contribution >= 0.6 is 0 Å². The van der Waals surface area contributed by atoms with Gasteiger partial charge < -0.3 is 0 Å². The Hall–Kier alpha value is -0.860. The van der Waals surface area contributed by atoms with Gasteiger partial charge in [0.2, 0.25) is 0 Å². The third kappa shape index (κ3) is 0.943.